The van der Waals surface area contributed by atoms with E-state index in [4.69, 9.17) is 9.47 Å². The first-order chi connectivity index (χ1) is 13.7. The van der Waals surface area contributed by atoms with Crippen molar-refractivity contribution in [2.24, 2.45) is 5.92 Å². The molecule has 6 heteroatoms. The molecule has 2 aromatic rings. The molecule has 2 aliphatic heterocycles. The van der Waals surface area contributed by atoms with Crippen molar-refractivity contribution < 1.29 is 14.3 Å². The van der Waals surface area contributed by atoms with E-state index in [0.717, 1.165) is 26.9 Å². The fourth-order valence-electron chi connectivity index (χ4n) is 3.79. The molecule has 0 amide bonds. The summed E-state index contributed by atoms with van der Waals surface area (Å²) in [6.07, 6.45) is 0.493. The second-order valence-corrected chi connectivity index (χ2v) is 7.63. The second-order valence-electron chi connectivity index (χ2n) is 6.60. The number of thioether (sulfide) groups is 1. The van der Waals surface area contributed by atoms with E-state index in [1.807, 2.05) is 42.5 Å². The van der Waals surface area contributed by atoms with E-state index in [9.17, 15) is 10.1 Å². The van der Waals surface area contributed by atoms with Crippen molar-refractivity contribution in [2.75, 3.05) is 18.6 Å². The van der Waals surface area contributed by atoms with Crippen LogP contribution in [0.1, 0.15) is 24.9 Å². The van der Waals surface area contributed by atoms with Gasteiger partial charge in [0.25, 0.3) is 0 Å². The number of esters is 1. The lowest BCUT2D eigenvalue weighted by Gasteiger charge is -2.38. The molecule has 0 radical (unpaired) electrons. The molecule has 0 aromatic heterocycles. The standard InChI is InChI=1S/C22H20N2O3S/c1-3-27-22(25)16-12-19(14-8-10-15(26-2)11-9-14)24-18-6-4-5-7-20(18)28-21(24)17(16)13-23/h4-11,16,19H,3,12H2,1-2H3/t16-,19-/m0/s1. The van der Waals surface area contributed by atoms with Crippen LogP contribution < -0.4 is 9.64 Å². The van der Waals surface area contributed by atoms with E-state index in [2.05, 4.69) is 17.0 Å². The molecule has 2 aliphatic rings. The lowest BCUT2D eigenvalue weighted by molar-refractivity contribution is -0.147. The monoisotopic (exact) mass is 392 g/mol. The number of nitrogens with zero attached hydrogens (tertiary/aromatic N) is 2. The van der Waals surface area contributed by atoms with Crippen LogP contribution in [-0.4, -0.2) is 19.7 Å². The lowest BCUT2D eigenvalue weighted by Crippen LogP contribution is -2.36. The normalized spacial score (nSPS) is 20.2. The molecule has 142 valence electrons. The van der Waals surface area contributed by atoms with Crippen LogP contribution in [0.3, 0.4) is 0 Å². The van der Waals surface area contributed by atoms with E-state index >= 15 is 0 Å². The van der Waals surface area contributed by atoms with Gasteiger partial charge in [0.1, 0.15) is 5.75 Å². The van der Waals surface area contributed by atoms with Crippen LogP contribution in [0.2, 0.25) is 0 Å². The number of methoxy groups -OCH3 is 1. The number of fused-ring (bicyclic) bond motifs is 3. The maximum absolute atomic E-state index is 12.7. The Hall–Kier alpha value is -2.91. The van der Waals surface area contributed by atoms with Crippen molar-refractivity contribution in [1.82, 2.24) is 0 Å². The third-order valence-electron chi connectivity index (χ3n) is 5.09. The molecule has 28 heavy (non-hydrogen) atoms. The number of para-hydroxylation sites is 1. The molecule has 2 heterocycles. The first kappa shape index (κ1) is 18.5. The summed E-state index contributed by atoms with van der Waals surface area (Å²) in [5, 5.41) is 10.7. The quantitative estimate of drug-likeness (QED) is 0.705. The van der Waals surface area contributed by atoms with Crippen LogP contribution in [0.15, 0.2) is 64.0 Å². The van der Waals surface area contributed by atoms with Gasteiger partial charge in [-0.3, -0.25) is 4.79 Å². The van der Waals surface area contributed by atoms with Gasteiger partial charge in [-0.15, -0.1) is 0 Å². The number of carbonyl (C=O) groups excluding carboxylic acids is 1. The van der Waals surface area contributed by atoms with Crippen LogP contribution in [0.25, 0.3) is 0 Å². The number of rotatable bonds is 4. The highest BCUT2D eigenvalue weighted by molar-refractivity contribution is 8.03. The van der Waals surface area contributed by atoms with Gasteiger partial charge in [0, 0.05) is 4.90 Å². The Kier molecular flexibility index (Phi) is 5.01. The molecule has 4 rings (SSSR count). The summed E-state index contributed by atoms with van der Waals surface area (Å²) in [5.74, 6) is -0.113. The predicted molar refractivity (Wildman–Crippen MR) is 108 cm³/mol. The average molecular weight is 392 g/mol. The van der Waals surface area contributed by atoms with Crippen LogP contribution in [-0.2, 0) is 9.53 Å². The Morgan fingerprint density at radius 1 is 1.25 bits per heavy atom. The minimum absolute atomic E-state index is 0.0661. The Labute approximate surface area is 168 Å². The molecule has 5 nitrogen and oxygen atoms in total. The molecule has 0 fully saturated rings. The topological polar surface area (TPSA) is 62.6 Å². The van der Waals surface area contributed by atoms with Gasteiger partial charge in [0.05, 0.1) is 48.0 Å². The van der Waals surface area contributed by atoms with Crippen LogP contribution in [0, 0.1) is 17.2 Å². The highest BCUT2D eigenvalue weighted by Gasteiger charge is 2.44. The lowest BCUT2D eigenvalue weighted by atomic mass is 9.85. The van der Waals surface area contributed by atoms with E-state index in [1.54, 1.807) is 25.8 Å². The Bertz CT molecular complexity index is 978. The van der Waals surface area contributed by atoms with Crippen LogP contribution >= 0.6 is 11.8 Å². The third-order valence-corrected chi connectivity index (χ3v) is 6.27. The van der Waals surface area contributed by atoms with Crippen molar-refractivity contribution in [2.45, 2.75) is 24.3 Å². The van der Waals surface area contributed by atoms with Gasteiger partial charge in [0.15, 0.2) is 0 Å². The SMILES string of the molecule is CCOC(=O)[C@H]1C[C@@H](c2ccc(OC)cc2)N2C(=C1C#N)Sc1ccccc12. The fraction of sp³-hybridized carbons (Fsp3) is 0.273. The van der Waals surface area contributed by atoms with Crippen molar-refractivity contribution in [1.29, 1.82) is 5.26 Å². The summed E-state index contributed by atoms with van der Waals surface area (Å²) in [4.78, 5) is 15.9. The minimum Gasteiger partial charge on any atom is -0.497 e. The molecule has 0 saturated carbocycles. The van der Waals surface area contributed by atoms with Gasteiger partial charge in [-0.1, -0.05) is 36.0 Å². The molecule has 0 N–H and O–H groups in total. The van der Waals surface area contributed by atoms with Crippen LogP contribution in [0.5, 0.6) is 5.75 Å². The fourth-order valence-corrected chi connectivity index (χ4v) is 5.04. The second kappa shape index (κ2) is 7.61. The minimum atomic E-state index is -0.565. The number of benzene rings is 2. The van der Waals surface area contributed by atoms with Crippen LogP contribution in [0.4, 0.5) is 5.69 Å². The maximum atomic E-state index is 12.7. The zero-order chi connectivity index (χ0) is 19.7. The molecule has 0 unspecified atom stereocenters. The Balaban J connectivity index is 1.84. The van der Waals surface area contributed by atoms with Gasteiger partial charge in [-0.2, -0.15) is 5.26 Å². The molecule has 0 bridgehead atoms. The summed E-state index contributed by atoms with van der Waals surface area (Å²) in [5.41, 5.74) is 2.63. The summed E-state index contributed by atoms with van der Waals surface area (Å²) in [6, 6.07) is 18.2. The van der Waals surface area contributed by atoms with Gasteiger partial charge in [-0.25, -0.2) is 0 Å². The third kappa shape index (κ3) is 3.02. The molecule has 0 spiro atoms. The largest absolute Gasteiger partial charge is 0.497 e. The molecule has 0 aliphatic carbocycles. The average Bonchev–Trinajstić information content (AvgIpc) is 3.12. The predicted octanol–water partition coefficient (Wildman–Crippen LogP) is 4.67. The molecule has 2 atom stereocenters. The maximum Gasteiger partial charge on any atom is 0.314 e. The van der Waals surface area contributed by atoms with E-state index in [1.165, 1.54) is 0 Å². The summed E-state index contributed by atoms with van der Waals surface area (Å²) < 4.78 is 10.6. The highest BCUT2D eigenvalue weighted by atomic mass is 32.2. The van der Waals surface area contributed by atoms with E-state index in [-0.39, 0.29) is 12.0 Å². The zero-order valence-corrected chi connectivity index (χ0v) is 16.5. The number of hydrogen-bond donors (Lipinski definition) is 0. The summed E-state index contributed by atoms with van der Waals surface area (Å²) in [6.45, 7) is 2.08. The van der Waals surface area contributed by atoms with Crippen molar-refractivity contribution in [3.63, 3.8) is 0 Å². The molecular formula is C22H20N2O3S. The van der Waals surface area contributed by atoms with Gasteiger partial charge < -0.3 is 14.4 Å². The van der Waals surface area contributed by atoms with Gasteiger partial charge in [0.2, 0.25) is 0 Å². The number of nitriles is 1. The zero-order valence-electron chi connectivity index (χ0n) is 15.7. The Morgan fingerprint density at radius 2 is 2.00 bits per heavy atom. The Morgan fingerprint density at radius 3 is 2.68 bits per heavy atom. The van der Waals surface area contributed by atoms with Gasteiger partial charge >= 0.3 is 5.97 Å². The smallest absolute Gasteiger partial charge is 0.314 e. The van der Waals surface area contributed by atoms with E-state index in [0.29, 0.717) is 18.6 Å². The highest BCUT2D eigenvalue weighted by Crippen LogP contribution is 2.56. The molecule has 0 saturated heterocycles. The molecule has 2 aromatic carbocycles. The van der Waals surface area contributed by atoms with Gasteiger partial charge in [-0.05, 0) is 43.2 Å². The van der Waals surface area contributed by atoms with Crippen molar-refractivity contribution in [3.05, 3.63) is 64.7 Å². The van der Waals surface area contributed by atoms with Crippen molar-refractivity contribution in [3.8, 4) is 11.8 Å². The number of ether oxygens (including phenoxy) is 2. The summed E-state index contributed by atoms with van der Waals surface area (Å²) >= 11 is 1.55. The summed E-state index contributed by atoms with van der Waals surface area (Å²) in [7, 11) is 1.64. The van der Waals surface area contributed by atoms with E-state index < -0.39 is 5.92 Å². The first-order valence-electron chi connectivity index (χ1n) is 9.18. The molecular weight excluding hydrogens is 372 g/mol. The number of carbonyl (C=O) groups is 1. The number of anilines is 1. The number of hydrogen-bond acceptors (Lipinski definition) is 6. The first-order valence-corrected chi connectivity index (χ1v) is 10.0. The van der Waals surface area contributed by atoms with Crippen molar-refractivity contribution >= 4 is 23.4 Å².